The number of esters is 1. The molecule has 0 radical (unpaired) electrons. The summed E-state index contributed by atoms with van der Waals surface area (Å²) in [5.74, 6) is 0.120. The standard InChI is InChI=1S/C21H32O2/c1-3-5-7-9-10-17-12-14-18(15-13-17)20-16-19(21(22)23-20)11-8-6-4-2/h12-15,19-20H,3-11,16H2,1-2H3. The molecule has 2 nitrogen and oxygen atoms in total. The summed E-state index contributed by atoms with van der Waals surface area (Å²) >= 11 is 0. The zero-order valence-electron chi connectivity index (χ0n) is 14.9. The van der Waals surface area contributed by atoms with E-state index in [1.807, 2.05) is 0 Å². The number of carbonyl (C=O) groups excluding carboxylic acids is 1. The first kappa shape index (κ1) is 18.0. The molecule has 0 N–H and O–H groups in total. The van der Waals surface area contributed by atoms with Crippen LogP contribution in [0.1, 0.15) is 88.9 Å². The Balaban J connectivity index is 1.81. The molecule has 128 valence electrons. The maximum absolute atomic E-state index is 12.0. The van der Waals surface area contributed by atoms with Gasteiger partial charge in [-0.1, -0.05) is 76.6 Å². The first-order valence-electron chi connectivity index (χ1n) is 9.54. The van der Waals surface area contributed by atoms with Crippen LogP contribution in [0.15, 0.2) is 24.3 Å². The number of hydrogen-bond acceptors (Lipinski definition) is 2. The zero-order chi connectivity index (χ0) is 16.5. The van der Waals surface area contributed by atoms with E-state index in [1.54, 1.807) is 0 Å². The Morgan fingerprint density at radius 2 is 1.65 bits per heavy atom. The topological polar surface area (TPSA) is 26.3 Å². The van der Waals surface area contributed by atoms with Gasteiger partial charge in [0.1, 0.15) is 6.10 Å². The number of aryl methyl sites for hydroxylation is 1. The highest BCUT2D eigenvalue weighted by Gasteiger charge is 2.34. The summed E-state index contributed by atoms with van der Waals surface area (Å²) in [6.45, 7) is 4.44. The van der Waals surface area contributed by atoms with Crippen molar-refractivity contribution in [2.24, 2.45) is 5.92 Å². The summed E-state index contributed by atoms with van der Waals surface area (Å²) in [6.07, 6.45) is 11.7. The minimum absolute atomic E-state index is 0.00902. The van der Waals surface area contributed by atoms with Crippen molar-refractivity contribution in [3.05, 3.63) is 35.4 Å². The molecular weight excluding hydrogens is 284 g/mol. The van der Waals surface area contributed by atoms with E-state index >= 15 is 0 Å². The molecule has 1 aliphatic heterocycles. The van der Waals surface area contributed by atoms with Gasteiger partial charge in [-0.3, -0.25) is 4.79 Å². The SMILES string of the molecule is CCCCCCc1ccc(C2CC(CCCCC)C(=O)O2)cc1. The van der Waals surface area contributed by atoms with E-state index in [0.29, 0.717) is 0 Å². The van der Waals surface area contributed by atoms with E-state index in [4.69, 9.17) is 4.74 Å². The second-order valence-electron chi connectivity index (χ2n) is 6.91. The number of ether oxygens (including phenoxy) is 1. The number of unbranched alkanes of at least 4 members (excludes halogenated alkanes) is 5. The van der Waals surface area contributed by atoms with Gasteiger partial charge >= 0.3 is 5.97 Å². The Morgan fingerprint density at radius 1 is 0.957 bits per heavy atom. The molecule has 2 atom stereocenters. The van der Waals surface area contributed by atoms with Gasteiger partial charge in [-0.25, -0.2) is 0 Å². The molecular formula is C21H32O2. The predicted molar refractivity (Wildman–Crippen MR) is 95.4 cm³/mol. The summed E-state index contributed by atoms with van der Waals surface area (Å²) in [5, 5.41) is 0. The molecule has 23 heavy (non-hydrogen) atoms. The normalized spacial score (nSPS) is 20.7. The average molecular weight is 316 g/mol. The first-order chi connectivity index (χ1) is 11.2. The third kappa shape index (κ3) is 5.67. The Labute approximate surface area is 141 Å². The molecule has 2 heteroatoms. The van der Waals surface area contributed by atoms with Gasteiger partial charge in [0.05, 0.1) is 5.92 Å². The van der Waals surface area contributed by atoms with E-state index < -0.39 is 0 Å². The molecule has 0 aromatic heterocycles. The average Bonchev–Trinajstić information content (AvgIpc) is 2.94. The highest BCUT2D eigenvalue weighted by Crippen LogP contribution is 2.36. The third-order valence-corrected chi connectivity index (χ3v) is 4.92. The van der Waals surface area contributed by atoms with Crippen LogP contribution in [0.2, 0.25) is 0 Å². The van der Waals surface area contributed by atoms with Gasteiger partial charge in [0, 0.05) is 6.42 Å². The number of cyclic esters (lactones) is 1. The smallest absolute Gasteiger partial charge is 0.309 e. The molecule has 1 aliphatic rings. The summed E-state index contributed by atoms with van der Waals surface area (Å²) in [4.78, 5) is 12.0. The fourth-order valence-corrected chi connectivity index (χ4v) is 3.37. The predicted octanol–water partition coefficient (Wildman–Crippen LogP) is 5.99. The van der Waals surface area contributed by atoms with Crippen molar-refractivity contribution >= 4 is 5.97 Å². The summed E-state index contributed by atoms with van der Waals surface area (Å²) < 4.78 is 5.60. The lowest BCUT2D eigenvalue weighted by Crippen LogP contribution is -2.06. The largest absolute Gasteiger partial charge is 0.457 e. The van der Waals surface area contributed by atoms with Crippen molar-refractivity contribution in [1.29, 1.82) is 0 Å². The molecule has 2 unspecified atom stereocenters. The molecule has 0 spiro atoms. The van der Waals surface area contributed by atoms with Crippen molar-refractivity contribution in [2.45, 2.75) is 84.2 Å². The highest BCUT2D eigenvalue weighted by molar-refractivity contribution is 5.74. The third-order valence-electron chi connectivity index (χ3n) is 4.92. The maximum atomic E-state index is 12.0. The van der Waals surface area contributed by atoms with E-state index in [-0.39, 0.29) is 18.0 Å². The van der Waals surface area contributed by atoms with Crippen LogP contribution >= 0.6 is 0 Å². The van der Waals surface area contributed by atoms with Crippen molar-refractivity contribution in [3.63, 3.8) is 0 Å². The van der Waals surface area contributed by atoms with Crippen LogP contribution in [0, 0.1) is 5.92 Å². The number of carbonyl (C=O) groups is 1. The van der Waals surface area contributed by atoms with Crippen LogP contribution in [0.3, 0.4) is 0 Å². The van der Waals surface area contributed by atoms with Crippen molar-refractivity contribution < 1.29 is 9.53 Å². The minimum atomic E-state index is -0.0248. The number of hydrogen-bond donors (Lipinski definition) is 0. The van der Waals surface area contributed by atoms with E-state index in [0.717, 1.165) is 31.2 Å². The van der Waals surface area contributed by atoms with Crippen molar-refractivity contribution in [2.75, 3.05) is 0 Å². The zero-order valence-corrected chi connectivity index (χ0v) is 14.9. The van der Waals surface area contributed by atoms with Gasteiger partial charge in [-0.2, -0.15) is 0 Å². The van der Waals surface area contributed by atoms with Gasteiger partial charge in [0.15, 0.2) is 0 Å². The van der Waals surface area contributed by atoms with Crippen LogP contribution in [0.4, 0.5) is 0 Å². The summed E-state index contributed by atoms with van der Waals surface area (Å²) in [6, 6.07) is 8.72. The molecule has 0 aliphatic carbocycles. The van der Waals surface area contributed by atoms with Gasteiger partial charge in [-0.05, 0) is 30.4 Å². The van der Waals surface area contributed by atoms with Gasteiger partial charge in [0.25, 0.3) is 0 Å². The highest BCUT2D eigenvalue weighted by atomic mass is 16.5. The van der Waals surface area contributed by atoms with Crippen molar-refractivity contribution in [1.82, 2.24) is 0 Å². The molecule has 1 aromatic rings. The van der Waals surface area contributed by atoms with Gasteiger partial charge < -0.3 is 4.74 Å². The lowest BCUT2D eigenvalue weighted by atomic mass is 9.94. The second kappa shape index (κ2) is 9.75. The van der Waals surface area contributed by atoms with E-state index in [1.165, 1.54) is 44.1 Å². The summed E-state index contributed by atoms with van der Waals surface area (Å²) in [5.41, 5.74) is 2.56. The van der Waals surface area contributed by atoms with Gasteiger partial charge in [0.2, 0.25) is 0 Å². The van der Waals surface area contributed by atoms with Crippen LogP contribution in [0.5, 0.6) is 0 Å². The molecule has 2 rings (SSSR count). The molecule has 1 fully saturated rings. The fourth-order valence-electron chi connectivity index (χ4n) is 3.37. The van der Waals surface area contributed by atoms with E-state index in [2.05, 4.69) is 38.1 Å². The Bertz CT molecular complexity index is 463. The Hall–Kier alpha value is -1.31. The van der Waals surface area contributed by atoms with Crippen LogP contribution in [-0.2, 0) is 16.0 Å². The van der Waals surface area contributed by atoms with Crippen LogP contribution < -0.4 is 0 Å². The second-order valence-corrected chi connectivity index (χ2v) is 6.91. The lowest BCUT2D eigenvalue weighted by Gasteiger charge is -2.10. The first-order valence-corrected chi connectivity index (χ1v) is 9.54. The molecule has 0 saturated carbocycles. The minimum Gasteiger partial charge on any atom is -0.457 e. The summed E-state index contributed by atoms with van der Waals surface area (Å²) in [7, 11) is 0. The molecule has 1 aromatic carbocycles. The molecule has 1 saturated heterocycles. The molecule has 1 heterocycles. The lowest BCUT2D eigenvalue weighted by molar-refractivity contribution is -0.144. The van der Waals surface area contributed by atoms with Crippen molar-refractivity contribution in [3.8, 4) is 0 Å². The van der Waals surface area contributed by atoms with Gasteiger partial charge in [-0.15, -0.1) is 0 Å². The fraction of sp³-hybridized carbons (Fsp3) is 0.667. The maximum Gasteiger partial charge on any atom is 0.309 e. The quantitative estimate of drug-likeness (QED) is 0.391. The molecule has 0 bridgehead atoms. The van der Waals surface area contributed by atoms with Crippen LogP contribution in [-0.4, -0.2) is 5.97 Å². The van der Waals surface area contributed by atoms with E-state index in [9.17, 15) is 4.79 Å². The van der Waals surface area contributed by atoms with Crippen LogP contribution in [0.25, 0.3) is 0 Å². The number of benzene rings is 1. The molecule has 0 amide bonds. The monoisotopic (exact) mass is 316 g/mol. The Kier molecular flexibility index (Phi) is 7.64. The Morgan fingerprint density at radius 3 is 2.35 bits per heavy atom. The number of rotatable bonds is 10.